The van der Waals surface area contributed by atoms with Crippen molar-refractivity contribution in [1.29, 1.82) is 0 Å². The van der Waals surface area contributed by atoms with Crippen molar-refractivity contribution >= 4 is 48.6 Å². The second-order valence-electron chi connectivity index (χ2n) is 13.9. The van der Waals surface area contributed by atoms with Gasteiger partial charge in [0.25, 0.3) is 0 Å². The van der Waals surface area contributed by atoms with Crippen molar-refractivity contribution in [1.82, 2.24) is 0 Å². The molecular formula is C52H40O2S. The van der Waals surface area contributed by atoms with Crippen molar-refractivity contribution in [2.24, 2.45) is 0 Å². The number of hydrogen-bond donors (Lipinski definition) is 0. The molecule has 0 amide bonds. The lowest BCUT2D eigenvalue weighted by Crippen LogP contribution is -2.15. The molecule has 3 heteroatoms. The van der Waals surface area contributed by atoms with Crippen LogP contribution in [-0.4, -0.2) is 5.97 Å². The van der Waals surface area contributed by atoms with Crippen LogP contribution in [0.3, 0.4) is 0 Å². The molecule has 55 heavy (non-hydrogen) atoms. The minimum atomic E-state index is -2.74. The summed E-state index contributed by atoms with van der Waals surface area (Å²) in [4.78, 5) is 17.3. The number of carbonyl (C=O) groups excluding carboxylic acids is 1. The number of carbonyl (C=O) groups is 1. The van der Waals surface area contributed by atoms with Gasteiger partial charge in [0, 0.05) is 21.1 Å². The summed E-state index contributed by atoms with van der Waals surface area (Å²) in [5, 5.41) is 6.94. The second kappa shape index (κ2) is 14.8. The van der Waals surface area contributed by atoms with Gasteiger partial charge < -0.3 is 4.18 Å². The maximum absolute atomic E-state index is 14.3. The van der Waals surface area contributed by atoms with Crippen LogP contribution in [0.5, 0.6) is 0 Å². The first-order valence-electron chi connectivity index (χ1n) is 18.9. The lowest BCUT2D eigenvalue weighted by Gasteiger charge is -2.42. The summed E-state index contributed by atoms with van der Waals surface area (Å²) in [5.74, 6) is -0.212. The zero-order valence-electron chi connectivity index (χ0n) is 30.7. The van der Waals surface area contributed by atoms with Crippen molar-refractivity contribution in [3.63, 3.8) is 0 Å². The third-order valence-corrected chi connectivity index (χ3v) is 13.8. The fraction of sp³-hybridized carbons (Fsp3) is 0.0577. The monoisotopic (exact) mass is 728 g/mol. The molecule has 0 bridgehead atoms. The predicted octanol–water partition coefficient (Wildman–Crippen LogP) is 14.7. The molecule has 0 radical (unpaired) electrons. The molecule has 0 aliphatic carbocycles. The van der Waals surface area contributed by atoms with Crippen molar-refractivity contribution in [2.75, 3.05) is 0 Å². The van der Waals surface area contributed by atoms with Gasteiger partial charge in [-0.25, -0.2) is 0 Å². The third kappa shape index (κ3) is 6.17. The molecule has 0 saturated carbocycles. The van der Waals surface area contributed by atoms with Crippen LogP contribution >= 0.6 is 10.3 Å². The summed E-state index contributed by atoms with van der Waals surface area (Å²) < 4.78 is 7.25. The zero-order chi connectivity index (χ0) is 37.2. The second-order valence-corrected chi connectivity index (χ2v) is 16.5. The summed E-state index contributed by atoms with van der Waals surface area (Å²) >= 11 is 0. The van der Waals surface area contributed by atoms with E-state index in [1.54, 1.807) is 0 Å². The molecule has 0 heterocycles. The summed E-state index contributed by atoms with van der Waals surface area (Å²) in [6, 6.07) is 71.0. The van der Waals surface area contributed by atoms with Crippen molar-refractivity contribution < 1.29 is 8.98 Å². The Morgan fingerprint density at radius 1 is 0.436 bits per heavy atom. The van der Waals surface area contributed by atoms with Crippen LogP contribution in [0.25, 0.3) is 65.7 Å². The van der Waals surface area contributed by atoms with E-state index in [1.165, 1.54) is 10.8 Å². The van der Waals surface area contributed by atoms with E-state index >= 15 is 0 Å². The predicted molar refractivity (Wildman–Crippen MR) is 232 cm³/mol. The van der Waals surface area contributed by atoms with E-state index in [2.05, 4.69) is 188 Å². The van der Waals surface area contributed by atoms with Gasteiger partial charge in [0.2, 0.25) is 0 Å². The highest BCUT2D eigenvalue weighted by molar-refractivity contribution is 8.30. The van der Waals surface area contributed by atoms with Crippen molar-refractivity contribution in [2.45, 2.75) is 34.5 Å². The van der Waals surface area contributed by atoms with E-state index in [4.69, 9.17) is 4.18 Å². The van der Waals surface area contributed by atoms with Gasteiger partial charge in [-0.05, 0) is 119 Å². The van der Waals surface area contributed by atoms with E-state index in [-0.39, 0.29) is 5.97 Å². The van der Waals surface area contributed by atoms with Gasteiger partial charge >= 0.3 is 5.97 Å². The minimum absolute atomic E-state index is 0.212. The average molecular weight is 729 g/mol. The van der Waals surface area contributed by atoms with E-state index in [0.29, 0.717) is 12.8 Å². The SMILES string of the molecule is CCCC(=O)OS(c1ccccc1)(c1ccccc1)c1c(-c2cccc3ccccc23)cc(-c2cccc3ccccc23)cc1-c1cccc2ccccc12. The summed E-state index contributed by atoms with van der Waals surface area (Å²) in [6.45, 7) is 2.03. The molecule has 0 aromatic heterocycles. The topological polar surface area (TPSA) is 26.3 Å². The van der Waals surface area contributed by atoms with Crippen molar-refractivity contribution in [3.05, 3.63) is 200 Å². The Bertz CT molecular complexity index is 2670. The highest BCUT2D eigenvalue weighted by Crippen LogP contribution is 2.73. The van der Waals surface area contributed by atoms with Crippen LogP contribution in [0.2, 0.25) is 0 Å². The number of hydrogen-bond acceptors (Lipinski definition) is 2. The van der Waals surface area contributed by atoms with E-state index in [1.807, 2.05) is 19.1 Å². The molecule has 0 aliphatic heterocycles. The van der Waals surface area contributed by atoms with Gasteiger partial charge in [0.15, 0.2) is 0 Å². The standard InChI is InChI=1S/C52H40O2S/c1-2-18-51(53)54-55(41-25-5-3-6-26-41,42-27-7-4-8-28-42)52-49(47-33-16-23-38-20-10-13-30-44(38)47)35-40(46-32-15-22-37-19-9-12-29-43(37)46)36-50(52)48-34-17-24-39-21-11-14-31-45(39)48/h3-17,19-36H,2,18H2,1H3. The number of benzene rings is 9. The number of rotatable bonds is 9. The molecule has 9 aromatic carbocycles. The fourth-order valence-electron chi connectivity index (χ4n) is 8.01. The summed E-state index contributed by atoms with van der Waals surface area (Å²) in [6.07, 6.45) is 1.00. The highest BCUT2D eigenvalue weighted by atomic mass is 32.3. The van der Waals surface area contributed by atoms with Gasteiger partial charge in [-0.15, -0.1) is 0 Å². The summed E-state index contributed by atoms with van der Waals surface area (Å²) in [5.41, 5.74) is 6.50. The average Bonchev–Trinajstić information content (AvgIpc) is 3.25. The van der Waals surface area contributed by atoms with Crippen LogP contribution in [0.4, 0.5) is 0 Å². The van der Waals surface area contributed by atoms with Crippen LogP contribution in [0.1, 0.15) is 19.8 Å². The zero-order valence-corrected chi connectivity index (χ0v) is 31.5. The third-order valence-electron chi connectivity index (χ3n) is 10.5. The number of fused-ring (bicyclic) bond motifs is 3. The maximum atomic E-state index is 14.3. The first-order chi connectivity index (χ1) is 27.2. The summed E-state index contributed by atoms with van der Waals surface area (Å²) in [7, 11) is -2.74. The molecule has 266 valence electrons. The lowest BCUT2D eigenvalue weighted by atomic mass is 9.88. The quantitative estimate of drug-likeness (QED) is 0.148. The molecule has 0 saturated heterocycles. The minimum Gasteiger partial charge on any atom is -0.402 e. The molecule has 0 N–H and O–H groups in total. The van der Waals surface area contributed by atoms with Gasteiger partial charge in [0.1, 0.15) is 0 Å². The maximum Gasteiger partial charge on any atom is 0.317 e. The van der Waals surface area contributed by atoms with E-state index in [0.717, 1.165) is 69.6 Å². The Morgan fingerprint density at radius 3 is 1.27 bits per heavy atom. The largest absolute Gasteiger partial charge is 0.402 e. The molecule has 0 aliphatic rings. The van der Waals surface area contributed by atoms with Crippen LogP contribution in [0.15, 0.2) is 215 Å². The molecule has 0 fully saturated rings. The first kappa shape index (κ1) is 34.4. The Kier molecular flexibility index (Phi) is 9.23. The van der Waals surface area contributed by atoms with Gasteiger partial charge in [-0.1, -0.05) is 171 Å². The van der Waals surface area contributed by atoms with Crippen LogP contribution in [0, 0.1) is 0 Å². The van der Waals surface area contributed by atoms with Crippen LogP contribution < -0.4 is 0 Å². The van der Waals surface area contributed by atoms with E-state index < -0.39 is 10.3 Å². The van der Waals surface area contributed by atoms with Crippen molar-refractivity contribution in [3.8, 4) is 33.4 Å². The van der Waals surface area contributed by atoms with Gasteiger partial charge in [0.05, 0.1) is 0 Å². The fourth-order valence-corrected chi connectivity index (χ4v) is 11.4. The smallest absolute Gasteiger partial charge is 0.317 e. The molecule has 0 atom stereocenters. The molecule has 9 aromatic rings. The van der Waals surface area contributed by atoms with E-state index in [9.17, 15) is 4.79 Å². The Morgan fingerprint density at radius 2 is 0.818 bits per heavy atom. The first-order valence-corrected chi connectivity index (χ1v) is 20.5. The highest BCUT2D eigenvalue weighted by Gasteiger charge is 2.40. The molecule has 0 unspecified atom stereocenters. The van der Waals surface area contributed by atoms with Gasteiger partial charge in [-0.3, -0.25) is 4.79 Å². The van der Waals surface area contributed by atoms with Gasteiger partial charge in [-0.2, -0.15) is 0 Å². The lowest BCUT2D eigenvalue weighted by molar-refractivity contribution is -0.133. The molecule has 2 nitrogen and oxygen atoms in total. The molecule has 0 spiro atoms. The normalized spacial score (nSPS) is 11.9. The molecule has 9 rings (SSSR count). The Balaban J connectivity index is 1.54. The Labute approximate surface area is 324 Å². The Hall–Kier alpha value is -6.42. The van der Waals surface area contributed by atoms with Crippen LogP contribution in [-0.2, 0) is 8.98 Å². The molecular weight excluding hydrogens is 689 g/mol.